The van der Waals surface area contributed by atoms with Crippen molar-refractivity contribution in [3.8, 4) is 0 Å². The van der Waals surface area contributed by atoms with Gasteiger partial charge in [-0.3, -0.25) is 9.59 Å². The van der Waals surface area contributed by atoms with Crippen molar-refractivity contribution in [2.45, 2.75) is 84.1 Å². The van der Waals surface area contributed by atoms with Crippen molar-refractivity contribution < 1.29 is 19.2 Å². The fraction of sp³-hybridized carbons (Fsp3) is 0.765. The van der Waals surface area contributed by atoms with Crippen LogP contribution in [0.2, 0.25) is 0 Å². The summed E-state index contributed by atoms with van der Waals surface area (Å²) >= 11 is 0. The normalized spacial score (nSPS) is 12.2. The van der Waals surface area contributed by atoms with Crippen LogP contribution in [0, 0.1) is 0 Å². The van der Waals surface area contributed by atoms with Crippen LogP contribution in [0.5, 0.6) is 0 Å². The van der Waals surface area contributed by atoms with Crippen LogP contribution in [-0.2, 0) is 21.4 Å². The smallest absolute Gasteiger partial charge is 0.305 e. The van der Waals surface area contributed by atoms with Crippen molar-refractivity contribution >= 4 is 11.9 Å². The molecule has 1 amide bonds. The summed E-state index contributed by atoms with van der Waals surface area (Å²) in [6.07, 6.45) is 2.51. The van der Waals surface area contributed by atoms with Crippen LogP contribution in [0.3, 0.4) is 0 Å². The molecule has 0 radical (unpaired) electrons. The summed E-state index contributed by atoms with van der Waals surface area (Å²) < 4.78 is 5.20. The van der Waals surface area contributed by atoms with Crippen LogP contribution in [-0.4, -0.2) is 32.7 Å². The molecule has 2 N–H and O–H groups in total. The first-order valence-corrected chi connectivity index (χ1v) is 8.47. The maximum Gasteiger partial charge on any atom is 0.305 e. The number of hydrogen-bond acceptors (Lipinski definition) is 5. The van der Waals surface area contributed by atoms with Gasteiger partial charge in [-0.05, 0) is 19.3 Å². The van der Waals surface area contributed by atoms with Gasteiger partial charge in [0.25, 0.3) is 0 Å². The topological polar surface area (TPSA) is 105 Å². The van der Waals surface area contributed by atoms with Gasteiger partial charge >= 0.3 is 5.97 Å². The zero-order valence-corrected chi connectivity index (χ0v) is 15.3. The Hall–Kier alpha value is -1.92. The Kier molecular flexibility index (Phi) is 6.93. The summed E-state index contributed by atoms with van der Waals surface area (Å²) in [6.45, 7) is 9.80. The minimum Gasteiger partial charge on any atom is -0.481 e. The van der Waals surface area contributed by atoms with Crippen molar-refractivity contribution in [2.75, 3.05) is 0 Å². The van der Waals surface area contributed by atoms with Gasteiger partial charge in [0.1, 0.15) is 0 Å². The number of aromatic nitrogens is 2. The third-order valence-electron chi connectivity index (χ3n) is 4.18. The number of rotatable bonds is 9. The molecule has 136 valence electrons. The van der Waals surface area contributed by atoms with E-state index < -0.39 is 11.5 Å². The first-order chi connectivity index (χ1) is 11.1. The number of aryl methyl sites for hydroxylation is 1. The summed E-state index contributed by atoms with van der Waals surface area (Å²) in [5, 5.41) is 15.9. The molecule has 0 atom stereocenters. The Morgan fingerprint density at radius 3 is 2.29 bits per heavy atom. The van der Waals surface area contributed by atoms with Crippen molar-refractivity contribution in [3.05, 3.63) is 11.7 Å². The van der Waals surface area contributed by atoms with Gasteiger partial charge in [0.2, 0.25) is 11.8 Å². The average Bonchev–Trinajstić information content (AvgIpc) is 2.95. The first-order valence-electron chi connectivity index (χ1n) is 8.47. The molecule has 24 heavy (non-hydrogen) atoms. The monoisotopic (exact) mass is 339 g/mol. The van der Waals surface area contributed by atoms with Crippen molar-refractivity contribution in [3.63, 3.8) is 0 Å². The molecule has 7 nitrogen and oxygen atoms in total. The molecule has 1 rings (SSSR count). The molecule has 0 saturated heterocycles. The molecule has 1 aromatic rings. The highest BCUT2D eigenvalue weighted by Gasteiger charge is 2.30. The highest BCUT2D eigenvalue weighted by molar-refractivity contribution is 5.78. The van der Waals surface area contributed by atoms with E-state index in [-0.39, 0.29) is 17.7 Å². The largest absolute Gasteiger partial charge is 0.481 e. The molecule has 0 aliphatic carbocycles. The predicted molar refractivity (Wildman–Crippen MR) is 89.6 cm³/mol. The number of carboxylic acid groups (broad SMARTS) is 1. The molecular weight excluding hydrogens is 310 g/mol. The van der Waals surface area contributed by atoms with Gasteiger partial charge in [0, 0.05) is 23.8 Å². The number of carbonyl (C=O) groups excluding carboxylic acids is 1. The Morgan fingerprint density at radius 2 is 1.83 bits per heavy atom. The van der Waals surface area contributed by atoms with Crippen LogP contribution < -0.4 is 5.32 Å². The molecule has 7 heteroatoms. The Morgan fingerprint density at radius 1 is 1.21 bits per heavy atom. The van der Waals surface area contributed by atoms with Crippen LogP contribution in [0.1, 0.15) is 78.4 Å². The Bertz CT molecular complexity index is 556. The highest BCUT2D eigenvalue weighted by atomic mass is 16.5. The van der Waals surface area contributed by atoms with Crippen LogP contribution >= 0.6 is 0 Å². The van der Waals surface area contributed by atoms with E-state index in [0.717, 1.165) is 0 Å². The third kappa shape index (κ3) is 5.94. The molecule has 0 bridgehead atoms. The van der Waals surface area contributed by atoms with Crippen LogP contribution in [0.4, 0.5) is 0 Å². The Labute approximate surface area is 143 Å². The minimum absolute atomic E-state index is 0.0651. The van der Waals surface area contributed by atoms with Crippen LogP contribution in [0.15, 0.2) is 4.52 Å². The second kappa shape index (κ2) is 8.26. The van der Waals surface area contributed by atoms with Gasteiger partial charge in [-0.2, -0.15) is 4.98 Å². The van der Waals surface area contributed by atoms with Gasteiger partial charge < -0.3 is 14.9 Å². The molecule has 0 fully saturated rings. The lowest BCUT2D eigenvalue weighted by atomic mass is 9.88. The standard InChI is InChI=1S/C17H29N3O4/c1-6-17(7-2,11-14(22)23)19-12(21)9-8-10-13-18-15(20-24-13)16(3,4)5/h6-11H2,1-5H3,(H,19,21)(H,22,23). The molecule has 0 spiro atoms. The molecule has 0 aliphatic rings. The first kappa shape index (κ1) is 20.1. The summed E-state index contributed by atoms with van der Waals surface area (Å²) in [6, 6.07) is 0. The van der Waals surface area contributed by atoms with E-state index >= 15 is 0 Å². The van der Waals surface area contributed by atoms with E-state index in [2.05, 4.69) is 15.5 Å². The lowest BCUT2D eigenvalue weighted by Crippen LogP contribution is -2.49. The molecule has 0 aliphatic heterocycles. The number of carbonyl (C=O) groups is 2. The summed E-state index contributed by atoms with van der Waals surface area (Å²) in [5.74, 6) is 0.130. The summed E-state index contributed by atoms with van der Waals surface area (Å²) in [5.41, 5.74) is -0.843. The van der Waals surface area contributed by atoms with E-state index in [4.69, 9.17) is 9.63 Å². The van der Waals surface area contributed by atoms with Gasteiger partial charge in [0.05, 0.1) is 6.42 Å². The molecule has 0 saturated carbocycles. The van der Waals surface area contributed by atoms with E-state index in [9.17, 15) is 9.59 Å². The van der Waals surface area contributed by atoms with Crippen LogP contribution in [0.25, 0.3) is 0 Å². The highest BCUT2D eigenvalue weighted by Crippen LogP contribution is 2.21. The third-order valence-corrected chi connectivity index (χ3v) is 4.18. The number of nitrogens with zero attached hydrogens (tertiary/aromatic N) is 2. The second-order valence-electron chi connectivity index (χ2n) is 7.22. The Balaban J connectivity index is 2.51. The number of carboxylic acids is 1. The van der Waals surface area contributed by atoms with Crippen molar-refractivity contribution in [1.29, 1.82) is 0 Å². The lowest BCUT2D eigenvalue weighted by Gasteiger charge is -2.31. The molecular formula is C17H29N3O4. The number of hydrogen-bond donors (Lipinski definition) is 2. The zero-order valence-electron chi connectivity index (χ0n) is 15.3. The van der Waals surface area contributed by atoms with Gasteiger partial charge in [0.15, 0.2) is 5.82 Å². The molecule has 0 aromatic carbocycles. The summed E-state index contributed by atoms with van der Waals surface area (Å²) in [7, 11) is 0. The molecule has 1 aromatic heterocycles. The SMILES string of the molecule is CCC(CC)(CC(=O)O)NC(=O)CCCc1nc(C(C)(C)C)no1. The quantitative estimate of drug-likeness (QED) is 0.716. The zero-order chi connectivity index (χ0) is 18.4. The minimum atomic E-state index is -0.903. The maximum absolute atomic E-state index is 12.1. The fourth-order valence-corrected chi connectivity index (χ4v) is 2.43. The van der Waals surface area contributed by atoms with Gasteiger partial charge in [-0.15, -0.1) is 0 Å². The van der Waals surface area contributed by atoms with E-state index in [1.165, 1.54) is 0 Å². The number of amides is 1. The maximum atomic E-state index is 12.1. The van der Waals surface area contributed by atoms with Crippen molar-refractivity contribution in [2.24, 2.45) is 0 Å². The van der Waals surface area contributed by atoms with E-state index in [1.54, 1.807) is 0 Å². The number of nitrogens with one attached hydrogen (secondary N) is 1. The van der Waals surface area contributed by atoms with E-state index in [0.29, 0.717) is 43.8 Å². The average molecular weight is 339 g/mol. The predicted octanol–water partition coefficient (Wildman–Crippen LogP) is 2.84. The molecule has 0 unspecified atom stereocenters. The second-order valence-corrected chi connectivity index (χ2v) is 7.22. The van der Waals surface area contributed by atoms with E-state index in [1.807, 2.05) is 34.6 Å². The lowest BCUT2D eigenvalue weighted by molar-refractivity contribution is -0.139. The van der Waals surface area contributed by atoms with Gasteiger partial charge in [-0.1, -0.05) is 39.8 Å². The van der Waals surface area contributed by atoms with Gasteiger partial charge in [-0.25, -0.2) is 0 Å². The summed E-state index contributed by atoms with van der Waals surface area (Å²) in [4.78, 5) is 27.5. The van der Waals surface area contributed by atoms with Crippen molar-refractivity contribution in [1.82, 2.24) is 15.5 Å². The number of aliphatic carboxylic acids is 1. The molecule has 1 heterocycles. The fourth-order valence-electron chi connectivity index (χ4n) is 2.43.